The summed E-state index contributed by atoms with van der Waals surface area (Å²) in [6.07, 6.45) is 0. The van der Waals surface area contributed by atoms with Gasteiger partial charge in [-0.2, -0.15) is 8.78 Å². The van der Waals surface area contributed by atoms with Gasteiger partial charge < -0.3 is 25.0 Å². The predicted molar refractivity (Wildman–Crippen MR) is 110 cm³/mol. The Kier molecular flexibility index (Phi) is 8.67. The standard InChI is InChI=1S/C21H28F2N4O2/c1-24-21(25-12-15-5-7-16(8-6-15)14-27(2)3)26-13-17-11-18(28-4)9-10-19(17)29-20(22)23/h5-11,20H,12-14H2,1-4H3,(H2,24,25,26). The third-order valence-corrected chi connectivity index (χ3v) is 4.14. The second kappa shape index (κ2) is 11.2. The number of nitrogens with one attached hydrogen (secondary N) is 2. The average Bonchev–Trinajstić information content (AvgIpc) is 2.69. The van der Waals surface area contributed by atoms with Crippen LogP contribution < -0.4 is 20.1 Å². The van der Waals surface area contributed by atoms with Crippen molar-refractivity contribution in [3.05, 3.63) is 59.2 Å². The number of nitrogens with zero attached hydrogens (tertiary/aromatic N) is 2. The number of aliphatic imine (C=N–C) groups is 1. The fourth-order valence-electron chi connectivity index (χ4n) is 2.74. The van der Waals surface area contributed by atoms with Crippen molar-refractivity contribution in [1.29, 1.82) is 0 Å². The van der Waals surface area contributed by atoms with Crippen molar-refractivity contribution in [3.63, 3.8) is 0 Å². The molecule has 2 aromatic carbocycles. The fraction of sp³-hybridized carbons (Fsp3) is 0.381. The van der Waals surface area contributed by atoms with E-state index in [2.05, 4.69) is 49.5 Å². The van der Waals surface area contributed by atoms with E-state index >= 15 is 0 Å². The number of guanidine groups is 1. The van der Waals surface area contributed by atoms with Crippen molar-refractivity contribution >= 4 is 5.96 Å². The Morgan fingerprint density at radius 2 is 1.69 bits per heavy atom. The molecule has 2 rings (SSSR count). The summed E-state index contributed by atoms with van der Waals surface area (Å²) in [6, 6.07) is 13.0. The summed E-state index contributed by atoms with van der Waals surface area (Å²) < 4.78 is 35.0. The van der Waals surface area contributed by atoms with E-state index in [0.717, 1.165) is 12.1 Å². The first-order valence-electron chi connectivity index (χ1n) is 9.20. The first kappa shape index (κ1) is 22.4. The van der Waals surface area contributed by atoms with Crippen LogP contribution in [-0.4, -0.2) is 45.7 Å². The van der Waals surface area contributed by atoms with Crippen molar-refractivity contribution < 1.29 is 18.3 Å². The number of hydrogen-bond donors (Lipinski definition) is 2. The molecule has 0 aliphatic heterocycles. The minimum absolute atomic E-state index is 0.0974. The molecule has 8 heteroatoms. The Morgan fingerprint density at radius 1 is 1.03 bits per heavy atom. The Balaban J connectivity index is 1.95. The maximum absolute atomic E-state index is 12.6. The van der Waals surface area contributed by atoms with Crippen LogP contribution in [-0.2, 0) is 19.6 Å². The summed E-state index contributed by atoms with van der Waals surface area (Å²) in [5.74, 6) is 1.21. The largest absolute Gasteiger partial charge is 0.497 e. The number of halogens is 2. The van der Waals surface area contributed by atoms with Crippen molar-refractivity contribution in [1.82, 2.24) is 15.5 Å². The Labute approximate surface area is 170 Å². The lowest BCUT2D eigenvalue weighted by molar-refractivity contribution is -0.0504. The van der Waals surface area contributed by atoms with Crippen molar-refractivity contribution in [2.45, 2.75) is 26.2 Å². The lowest BCUT2D eigenvalue weighted by Gasteiger charge is -2.16. The van der Waals surface area contributed by atoms with Gasteiger partial charge in [0.1, 0.15) is 11.5 Å². The lowest BCUT2D eigenvalue weighted by Crippen LogP contribution is -2.36. The van der Waals surface area contributed by atoms with Gasteiger partial charge in [-0.1, -0.05) is 24.3 Å². The third kappa shape index (κ3) is 7.57. The zero-order chi connectivity index (χ0) is 21.2. The molecule has 0 aromatic heterocycles. The number of rotatable bonds is 9. The zero-order valence-corrected chi connectivity index (χ0v) is 17.2. The first-order valence-corrected chi connectivity index (χ1v) is 9.20. The van der Waals surface area contributed by atoms with Crippen LogP contribution >= 0.6 is 0 Å². The van der Waals surface area contributed by atoms with E-state index in [1.165, 1.54) is 18.7 Å². The molecule has 29 heavy (non-hydrogen) atoms. The first-order chi connectivity index (χ1) is 13.9. The highest BCUT2D eigenvalue weighted by atomic mass is 19.3. The van der Waals surface area contributed by atoms with Crippen LogP contribution in [0.1, 0.15) is 16.7 Å². The highest BCUT2D eigenvalue weighted by Crippen LogP contribution is 2.25. The van der Waals surface area contributed by atoms with Crippen LogP contribution in [0.4, 0.5) is 8.78 Å². The smallest absolute Gasteiger partial charge is 0.387 e. The Bertz CT molecular complexity index is 796. The average molecular weight is 406 g/mol. The minimum Gasteiger partial charge on any atom is -0.497 e. The molecule has 6 nitrogen and oxygen atoms in total. The number of benzene rings is 2. The predicted octanol–water partition coefficient (Wildman–Crippen LogP) is 3.22. The van der Waals surface area contributed by atoms with Crippen LogP contribution in [0.3, 0.4) is 0 Å². The molecule has 0 aliphatic rings. The van der Waals surface area contributed by atoms with Crippen molar-refractivity contribution in [2.75, 3.05) is 28.3 Å². The summed E-state index contributed by atoms with van der Waals surface area (Å²) in [5.41, 5.74) is 2.89. The molecule has 158 valence electrons. The third-order valence-electron chi connectivity index (χ3n) is 4.14. The summed E-state index contributed by atoms with van der Waals surface area (Å²) in [7, 11) is 7.23. The van der Waals surface area contributed by atoms with Crippen LogP contribution in [0.5, 0.6) is 11.5 Å². The van der Waals surface area contributed by atoms with E-state index in [1.807, 2.05) is 14.1 Å². The monoisotopic (exact) mass is 406 g/mol. The molecule has 0 amide bonds. The molecular formula is C21H28F2N4O2. The van der Waals surface area contributed by atoms with Crippen LogP contribution in [0.25, 0.3) is 0 Å². The van der Waals surface area contributed by atoms with Gasteiger partial charge in [0, 0.05) is 32.2 Å². The topological polar surface area (TPSA) is 58.1 Å². The van der Waals surface area contributed by atoms with Gasteiger partial charge in [0.05, 0.1) is 7.11 Å². The number of alkyl halides is 2. The molecule has 0 spiro atoms. The van der Waals surface area contributed by atoms with E-state index in [9.17, 15) is 8.78 Å². The van der Waals surface area contributed by atoms with Crippen LogP contribution in [0.2, 0.25) is 0 Å². The molecular weight excluding hydrogens is 378 g/mol. The van der Waals surface area contributed by atoms with Crippen molar-refractivity contribution in [2.24, 2.45) is 4.99 Å². The second-order valence-corrected chi connectivity index (χ2v) is 6.69. The Hall–Kier alpha value is -2.87. The summed E-state index contributed by atoms with van der Waals surface area (Å²) in [5, 5.41) is 6.32. The number of hydrogen-bond acceptors (Lipinski definition) is 4. The van der Waals surface area contributed by atoms with E-state index < -0.39 is 6.61 Å². The molecule has 0 atom stereocenters. The van der Waals surface area contributed by atoms with Gasteiger partial charge in [0.15, 0.2) is 5.96 Å². The van der Waals surface area contributed by atoms with E-state index in [1.54, 1.807) is 19.2 Å². The SMILES string of the molecule is CN=C(NCc1ccc(CN(C)C)cc1)NCc1cc(OC)ccc1OC(F)F. The number of ether oxygens (including phenoxy) is 2. The summed E-state index contributed by atoms with van der Waals surface area (Å²) >= 11 is 0. The number of methoxy groups -OCH3 is 1. The molecule has 0 saturated carbocycles. The molecule has 0 bridgehead atoms. The second-order valence-electron chi connectivity index (χ2n) is 6.69. The van der Waals surface area contributed by atoms with Gasteiger partial charge in [-0.05, 0) is 43.4 Å². The molecule has 2 aromatic rings. The molecule has 0 fully saturated rings. The molecule has 0 aliphatic carbocycles. The summed E-state index contributed by atoms with van der Waals surface area (Å²) in [6.45, 7) is -1.17. The molecule has 0 saturated heterocycles. The van der Waals surface area contributed by atoms with Gasteiger partial charge in [-0.3, -0.25) is 4.99 Å². The minimum atomic E-state index is -2.89. The highest BCUT2D eigenvalue weighted by Gasteiger charge is 2.11. The highest BCUT2D eigenvalue weighted by molar-refractivity contribution is 5.79. The van der Waals surface area contributed by atoms with Gasteiger partial charge in [0.25, 0.3) is 0 Å². The van der Waals surface area contributed by atoms with Gasteiger partial charge in [-0.15, -0.1) is 0 Å². The van der Waals surface area contributed by atoms with Crippen molar-refractivity contribution in [3.8, 4) is 11.5 Å². The molecule has 0 unspecified atom stereocenters. The van der Waals surface area contributed by atoms with E-state index in [-0.39, 0.29) is 12.3 Å². The fourth-order valence-corrected chi connectivity index (χ4v) is 2.74. The van der Waals surface area contributed by atoms with Gasteiger partial charge in [0.2, 0.25) is 0 Å². The van der Waals surface area contributed by atoms with Gasteiger partial charge in [-0.25, -0.2) is 0 Å². The van der Waals surface area contributed by atoms with E-state index in [4.69, 9.17) is 4.74 Å². The van der Waals surface area contributed by atoms with Gasteiger partial charge >= 0.3 is 6.61 Å². The Morgan fingerprint density at radius 3 is 2.28 bits per heavy atom. The maximum Gasteiger partial charge on any atom is 0.387 e. The molecule has 0 radical (unpaired) electrons. The molecule has 2 N–H and O–H groups in total. The summed E-state index contributed by atoms with van der Waals surface area (Å²) in [4.78, 5) is 6.29. The zero-order valence-electron chi connectivity index (χ0n) is 17.2. The lowest BCUT2D eigenvalue weighted by atomic mass is 10.1. The van der Waals surface area contributed by atoms with E-state index in [0.29, 0.717) is 23.8 Å². The molecule has 0 heterocycles. The maximum atomic E-state index is 12.6. The van der Waals surface area contributed by atoms with Crippen LogP contribution in [0.15, 0.2) is 47.5 Å². The van der Waals surface area contributed by atoms with Crippen LogP contribution in [0, 0.1) is 0 Å². The quantitative estimate of drug-likeness (QED) is 0.495. The normalized spacial score (nSPS) is 11.7.